The second-order valence-electron chi connectivity index (χ2n) is 7.61. The molecule has 8 nitrogen and oxygen atoms in total. The SMILES string of the molecule is Cc1ccc(S(=O)(=O)NCC2CCCN(C(=O)/C=C/c3ccccc3[N+](=O)[O-])C2)cc1. The number of nitrogens with one attached hydrogen (secondary N) is 1. The molecule has 1 aliphatic rings. The minimum Gasteiger partial charge on any atom is -0.339 e. The number of piperidine rings is 1. The van der Waals surface area contributed by atoms with E-state index in [0.29, 0.717) is 18.7 Å². The van der Waals surface area contributed by atoms with Crippen LogP contribution in [0.4, 0.5) is 5.69 Å². The van der Waals surface area contributed by atoms with E-state index in [1.165, 1.54) is 18.2 Å². The van der Waals surface area contributed by atoms with E-state index in [1.807, 2.05) is 6.92 Å². The molecule has 0 aliphatic carbocycles. The molecular weight excluding hydrogens is 418 g/mol. The number of rotatable bonds is 7. The molecule has 31 heavy (non-hydrogen) atoms. The van der Waals surface area contributed by atoms with Crippen LogP contribution in [0, 0.1) is 23.0 Å². The molecule has 3 rings (SSSR count). The minimum absolute atomic E-state index is 0.00242. The van der Waals surface area contributed by atoms with Crippen LogP contribution in [-0.2, 0) is 14.8 Å². The number of amides is 1. The van der Waals surface area contributed by atoms with E-state index in [9.17, 15) is 23.3 Å². The summed E-state index contributed by atoms with van der Waals surface area (Å²) in [5.41, 5.74) is 1.28. The van der Waals surface area contributed by atoms with Crippen LogP contribution < -0.4 is 4.72 Å². The van der Waals surface area contributed by atoms with Gasteiger partial charge in [0.2, 0.25) is 15.9 Å². The van der Waals surface area contributed by atoms with Crippen molar-refractivity contribution in [2.75, 3.05) is 19.6 Å². The van der Waals surface area contributed by atoms with Gasteiger partial charge in [0, 0.05) is 31.8 Å². The highest BCUT2D eigenvalue weighted by Gasteiger charge is 2.24. The summed E-state index contributed by atoms with van der Waals surface area (Å²) in [5.74, 6) is -0.248. The lowest BCUT2D eigenvalue weighted by Crippen LogP contribution is -2.43. The molecule has 1 aliphatic heterocycles. The van der Waals surface area contributed by atoms with E-state index in [-0.39, 0.29) is 29.0 Å². The molecule has 1 N–H and O–H groups in total. The number of nitro benzene ring substituents is 1. The Hall–Kier alpha value is -3.04. The molecule has 0 saturated carbocycles. The molecule has 9 heteroatoms. The van der Waals surface area contributed by atoms with Crippen LogP contribution in [0.1, 0.15) is 24.0 Å². The number of carbonyl (C=O) groups excluding carboxylic acids is 1. The summed E-state index contributed by atoms with van der Waals surface area (Å²) < 4.78 is 27.6. The molecule has 1 unspecified atom stereocenters. The van der Waals surface area contributed by atoms with Gasteiger partial charge >= 0.3 is 0 Å². The van der Waals surface area contributed by atoms with Gasteiger partial charge < -0.3 is 4.90 Å². The molecule has 0 spiro atoms. The number of hydrogen-bond donors (Lipinski definition) is 1. The molecule has 0 bridgehead atoms. The van der Waals surface area contributed by atoms with E-state index in [0.717, 1.165) is 18.4 Å². The Morgan fingerprint density at radius 3 is 2.65 bits per heavy atom. The maximum absolute atomic E-state index is 12.6. The van der Waals surface area contributed by atoms with Crippen LogP contribution in [0.15, 0.2) is 59.5 Å². The first-order valence-electron chi connectivity index (χ1n) is 10.0. The van der Waals surface area contributed by atoms with Gasteiger partial charge in [0.25, 0.3) is 5.69 Å². The summed E-state index contributed by atoms with van der Waals surface area (Å²) in [4.78, 5) is 25.1. The fraction of sp³-hybridized carbons (Fsp3) is 0.318. The van der Waals surface area contributed by atoms with Crippen molar-refractivity contribution in [2.45, 2.75) is 24.7 Å². The fourth-order valence-corrected chi connectivity index (χ4v) is 4.64. The smallest absolute Gasteiger partial charge is 0.276 e. The zero-order valence-electron chi connectivity index (χ0n) is 17.2. The van der Waals surface area contributed by atoms with E-state index in [2.05, 4.69) is 4.72 Å². The number of benzene rings is 2. The zero-order chi connectivity index (χ0) is 22.4. The van der Waals surface area contributed by atoms with Gasteiger partial charge in [-0.25, -0.2) is 13.1 Å². The summed E-state index contributed by atoms with van der Waals surface area (Å²) in [6, 6.07) is 12.9. The second-order valence-corrected chi connectivity index (χ2v) is 9.37. The molecule has 1 atom stereocenters. The summed E-state index contributed by atoms with van der Waals surface area (Å²) in [6.07, 6.45) is 4.36. The molecule has 2 aromatic carbocycles. The lowest BCUT2D eigenvalue weighted by molar-refractivity contribution is -0.385. The third-order valence-corrected chi connectivity index (χ3v) is 6.70. The Balaban J connectivity index is 1.59. The number of hydrogen-bond acceptors (Lipinski definition) is 5. The maximum atomic E-state index is 12.6. The molecule has 1 fully saturated rings. The van der Waals surface area contributed by atoms with Crippen molar-refractivity contribution < 1.29 is 18.1 Å². The standard InChI is InChI=1S/C22H25N3O5S/c1-17-8-11-20(12-9-17)31(29,30)23-15-18-5-4-14-24(16-18)22(26)13-10-19-6-2-3-7-21(19)25(27)28/h2-3,6-13,18,23H,4-5,14-16H2,1H3/b13-10+. The molecule has 164 valence electrons. The topological polar surface area (TPSA) is 110 Å². The molecule has 1 saturated heterocycles. The average molecular weight is 444 g/mol. The predicted octanol–water partition coefficient (Wildman–Crippen LogP) is 3.13. The van der Waals surface area contributed by atoms with E-state index in [4.69, 9.17) is 0 Å². The van der Waals surface area contributed by atoms with Crippen LogP contribution in [-0.4, -0.2) is 43.8 Å². The van der Waals surface area contributed by atoms with E-state index in [1.54, 1.807) is 47.4 Å². The number of nitrogens with zero attached hydrogens (tertiary/aromatic N) is 2. The molecule has 0 aromatic heterocycles. The van der Waals surface area contributed by atoms with Crippen molar-refractivity contribution in [3.8, 4) is 0 Å². The van der Waals surface area contributed by atoms with Crippen molar-refractivity contribution in [2.24, 2.45) is 5.92 Å². The predicted molar refractivity (Wildman–Crippen MR) is 118 cm³/mol. The van der Waals surface area contributed by atoms with Crippen molar-refractivity contribution in [1.82, 2.24) is 9.62 Å². The Morgan fingerprint density at radius 1 is 1.23 bits per heavy atom. The molecule has 0 radical (unpaired) electrons. The lowest BCUT2D eigenvalue weighted by Gasteiger charge is -2.32. The number of sulfonamides is 1. The number of likely N-dealkylation sites (tertiary alicyclic amines) is 1. The third-order valence-electron chi connectivity index (χ3n) is 5.26. The molecule has 1 amide bonds. The number of para-hydroxylation sites is 1. The quantitative estimate of drug-likeness (QED) is 0.402. The van der Waals surface area contributed by atoms with Crippen molar-refractivity contribution in [3.05, 3.63) is 75.8 Å². The van der Waals surface area contributed by atoms with Crippen molar-refractivity contribution >= 4 is 27.7 Å². The average Bonchev–Trinajstić information content (AvgIpc) is 2.77. The van der Waals surface area contributed by atoms with Gasteiger partial charge in [0.1, 0.15) is 0 Å². The highest BCUT2D eigenvalue weighted by Crippen LogP contribution is 2.21. The third kappa shape index (κ3) is 5.99. The highest BCUT2D eigenvalue weighted by atomic mass is 32.2. The van der Waals surface area contributed by atoms with Gasteiger partial charge in [-0.1, -0.05) is 29.8 Å². The van der Waals surface area contributed by atoms with Crippen molar-refractivity contribution in [1.29, 1.82) is 0 Å². The molecule has 2 aromatic rings. The van der Waals surface area contributed by atoms with Gasteiger partial charge in [-0.3, -0.25) is 14.9 Å². The maximum Gasteiger partial charge on any atom is 0.276 e. The van der Waals surface area contributed by atoms with Gasteiger partial charge in [0.05, 0.1) is 15.4 Å². The van der Waals surface area contributed by atoms with Crippen LogP contribution in [0.2, 0.25) is 0 Å². The fourth-order valence-electron chi connectivity index (χ4n) is 3.52. The highest BCUT2D eigenvalue weighted by molar-refractivity contribution is 7.89. The minimum atomic E-state index is -3.60. The van der Waals surface area contributed by atoms with Crippen LogP contribution in [0.25, 0.3) is 6.08 Å². The van der Waals surface area contributed by atoms with Gasteiger partial charge in [-0.05, 0) is 50.0 Å². The van der Waals surface area contributed by atoms with Gasteiger partial charge in [-0.2, -0.15) is 0 Å². The Kier molecular flexibility index (Phi) is 7.19. The van der Waals surface area contributed by atoms with Crippen LogP contribution in [0.5, 0.6) is 0 Å². The normalized spacial score (nSPS) is 17.1. The molecule has 1 heterocycles. The summed E-state index contributed by atoms with van der Waals surface area (Å²) in [6.45, 7) is 3.13. The number of aryl methyl sites for hydroxylation is 1. The van der Waals surface area contributed by atoms with E-state index < -0.39 is 14.9 Å². The monoisotopic (exact) mass is 443 g/mol. The molecular formula is C22H25N3O5S. The van der Waals surface area contributed by atoms with Crippen LogP contribution >= 0.6 is 0 Å². The Morgan fingerprint density at radius 2 is 1.94 bits per heavy atom. The summed E-state index contributed by atoms with van der Waals surface area (Å²) >= 11 is 0. The number of carbonyl (C=O) groups is 1. The lowest BCUT2D eigenvalue weighted by atomic mass is 9.98. The first kappa shape index (κ1) is 22.6. The largest absolute Gasteiger partial charge is 0.339 e. The van der Waals surface area contributed by atoms with Gasteiger partial charge in [-0.15, -0.1) is 0 Å². The first-order chi connectivity index (χ1) is 14.8. The second kappa shape index (κ2) is 9.84. The Bertz CT molecular complexity index is 1080. The zero-order valence-corrected chi connectivity index (χ0v) is 18.0. The summed E-state index contributed by atoms with van der Waals surface area (Å²) in [7, 11) is -3.60. The van der Waals surface area contributed by atoms with Crippen molar-refractivity contribution in [3.63, 3.8) is 0 Å². The Labute approximate surface area is 181 Å². The summed E-state index contributed by atoms with van der Waals surface area (Å²) in [5, 5.41) is 11.1. The number of nitro groups is 1. The first-order valence-corrected chi connectivity index (χ1v) is 11.5. The van der Waals surface area contributed by atoms with Crippen LogP contribution in [0.3, 0.4) is 0 Å². The van der Waals surface area contributed by atoms with Gasteiger partial charge in [0.15, 0.2) is 0 Å². The van der Waals surface area contributed by atoms with E-state index >= 15 is 0 Å².